The first-order chi connectivity index (χ1) is 7.70. The van der Waals surface area contributed by atoms with Gasteiger partial charge in [-0.2, -0.15) is 0 Å². The standard InChI is InChI=1S/C13H21NO2/c1-14-11-4-3-5-12(14)9-10(8-11)6-7-13(15)16-2/h6,11-12H,3-5,7-9H2,1-2H3. The maximum Gasteiger partial charge on any atom is 0.309 e. The van der Waals surface area contributed by atoms with Crippen molar-refractivity contribution in [2.75, 3.05) is 14.2 Å². The van der Waals surface area contributed by atoms with Crippen molar-refractivity contribution in [2.24, 2.45) is 0 Å². The fourth-order valence-corrected chi connectivity index (χ4v) is 2.95. The third kappa shape index (κ3) is 2.46. The van der Waals surface area contributed by atoms with Gasteiger partial charge in [0, 0.05) is 12.1 Å². The van der Waals surface area contributed by atoms with Gasteiger partial charge < -0.3 is 4.74 Å². The first kappa shape index (κ1) is 11.6. The van der Waals surface area contributed by atoms with Crippen LogP contribution in [-0.2, 0) is 9.53 Å². The van der Waals surface area contributed by atoms with Gasteiger partial charge in [-0.15, -0.1) is 0 Å². The van der Waals surface area contributed by atoms with Crippen LogP contribution >= 0.6 is 0 Å². The molecule has 0 radical (unpaired) electrons. The topological polar surface area (TPSA) is 29.5 Å². The van der Waals surface area contributed by atoms with Crippen molar-refractivity contribution in [1.82, 2.24) is 4.90 Å². The van der Waals surface area contributed by atoms with E-state index < -0.39 is 0 Å². The molecule has 0 N–H and O–H groups in total. The molecule has 16 heavy (non-hydrogen) atoms. The summed E-state index contributed by atoms with van der Waals surface area (Å²) in [6.45, 7) is 0. The maximum atomic E-state index is 11.1. The van der Waals surface area contributed by atoms with E-state index in [-0.39, 0.29) is 5.97 Å². The molecule has 2 unspecified atom stereocenters. The lowest BCUT2D eigenvalue weighted by molar-refractivity contribution is -0.139. The van der Waals surface area contributed by atoms with Gasteiger partial charge in [0.15, 0.2) is 0 Å². The number of methoxy groups -OCH3 is 1. The van der Waals surface area contributed by atoms with E-state index in [0.29, 0.717) is 18.5 Å². The molecule has 2 aliphatic heterocycles. The molecule has 0 aromatic carbocycles. The second kappa shape index (κ2) is 5.00. The number of fused-ring (bicyclic) bond motifs is 2. The molecule has 2 aliphatic rings. The Bertz CT molecular complexity index is 282. The van der Waals surface area contributed by atoms with Gasteiger partial charge in [-0.25, -0.2) is 0 Å². The van der Waals surface area contributed by atoms with Crippen LogP contribution in [0.2, 0.25) is 0 Å². The van der Waals surface area contributed by atoms with E-state index >= 15 is 0 Å². The molecule has 3 nitrogen and oxygen atoms in total. The highest BCUT2D eigenvalue weighted by molar-refractivity contribution is 5.71. The van der Waals surface area contributed by atoms with Gasteiger partial charge in [0.1, 0.15) is 0 Å². The maximum absolute atomic E-state index is 11.1. The predicted molar refractivity (Wildman–Crippen MR) is 63.1 cm³/mol. The van der Waals surface area contributed by atoms with E-state index in [1.54, 1.807) is 0 Å². The van der Waals surface area contributed by atoms with Crippen LogP contribution in [0.1, 0.15) is 38.5 Å². The van der Waals surface area contributed by atoms with Crippen LogP contribution in [0.5, 0.6) is 0 Å². The second-order valence-electron chi connectivity index (χ2n) is 4.95. The lowest BCUT2D eigenvalue weighted by atomic mass is 9.82. The van der Waals surface area contributed by atoms with Crippen molar-refractivity contribution in [1.29, 1.82) is 0 Å². The van der Waals surface area contributed by atoms with Crippen LogP contribution in [0.4, 0.5) is 0 Å². The molecule has 0 saturated carbocycles. The Kier molecular flexibility index (Phi) is 3.64. The zero-order chi connectivity index (χ0) is 11.5. The Morgan fingerprint density at radius 1 is 1.44 bits per heavy atom. The van der Waals surface area contributed by atoms with Crippen LogP contribution in [0.3, 0.4) is 0 Å². The molecule has 3 heteroatoms. The fraction of sp³-hybridized carbons (Fsp3) is 0.769. The zero-order valence-corrected chi connectivity index (χ0v) is 10.2. The molecule has 0 amide bonds. The highest BCUT2D eigenvalue weighted by Crippen LogP contribution is 2.35. The van der Waals surface area contributed by atoms with E-state index in [1.165, 1.54) is 31.9 Å². The van der Waals surface area contributed by atoms with Gasteiger partial charge in [0.2, 0.25) is 0 Å². The van der Waals surface area contributed by atoms with Gasteiger partial charge >= 0.3 is 5.97 Å². The lowest BCUT2D eigenvalue weighted by Gasteiger charge is -2.45. The summed E-state index contributed by atoms with van der Waals surface area (Å²) >= 11 is 0. The summed E-state index contributed by atoms with van der Waals surface area (Å²) in [4.78, 5) is 13.6. The summed E-state index contributed by atoms with van der Waals surface area (Å²) in [7, 11) is 3.69. The minimum absolute atomic E-state index is 0.128. The molecule has 2 rings (SSSR count). The summed E-state index contributed by atoms with van der Waals surface area (Å²) in [5, 5.41) is 0. The van der Waals surface area contributed by atoms with Gasteiger partial charge in [-0.3, -0.25) is 9.69 Å². The molecule has 2 bridgehead atoms. The number of ether oxygens (including phenoxy) is 1. The van der Waals surface area contributed by atoms with Crippen LogP contribution < -0.4 is 0 Å². The van der Waals surface area contributed by atoms with Crippen molar-refractivity contribution in [3.63, 3.8) is 0 Å². The number of piperidine rings is 2. The Morgan fingerprint density at radius 2 is 2.06 bits per heavy atom. The zero-order valence-electron chi connectivity index (χ0n) is 10.2. The van der Waals surface area contributed by atoms with Crippen LogP contribution in [0.15, 0.2) is 11.6 Å². The molecular formula is C13H21NO2. The van der Waals surface area contributed by atoms with Gasteiger partial charge in [0.05, 0.1) is 13.5 Å². The second-order valence-corrected chi connectivity index (χ2v) is 4.95. The van der Waals surface area contributed by atoms with Crippen molar-refractivity contribution < 1.29 is 9.53 Å². The smallest absolute Gasteiger partial charge is 0.309 e. The molecule has 2 saturated heterocycles. The molecule has 0 aliphatic carbocycles. The minimum Gasteiger partial charge on any atom is -0.469 e. The number of hydrogen-bond donors (Lipinski definition) is 0. The average molecular weight is 223 g/mol. The Labute approximate surface area is 97.5 Å². The van der Waals surface area contributed by atoms with E-state index in [0.717, 1.165) is 12.8 Å². The molecule has 2 atom stereocenters. The highest BCUT2D eigenvalue weighted by Gasteiger charge is 2.32. The van der Waals surface area contributed by atoms with Gasteiger partial charge in [0.25, 0.3) is 0 Å². The summed E-state index contributed by atoms with van der Waals surface area (Å²) < 4.78 is 4.66. The SMILES string of the molecule is COC(=O)CC=C1CC2CCCC(C1)N2C. The largest absolute Gasteiger partial charge is 0.469 e. The van der Waals surface area contributed by atoms with Gasteiger partial charge in [-0.05, 0) is 32.7 Å². The predicted octanol–water partition coefficient (Wildman–Crippen LogP) is 2.12. The van der Waals surface area contributed by atoms with E-state index in [2.05, 4.69) is 22.8 Å². The Balaban J connectivity index is 1.96. The third-order valence-electron chi connectivity index (χ3n) is 4.01. The van der Waals surface area contributed by atoms with E-state index in [1.807, 2.05) is 0 Å². The minimum atomic E-state index is -0.128. The third-order valence-corrected chi connectivity index (χ3v) is 4.01. The molecule has 2 heterocycles. The van der Waals surface area contributed by atoms with Crippen molar-refractivity contribution >= 4 is 5.97 Å². The average Bonchev–Trinajstić information content (AvgIpc) is 2.26. The quantitative estimate of drug-likeness (QED) is 0.530. The molecule has 0 aromatic heterocycles. The van der Waals surface area contributed by atoms with Crippen molar-refractivity contribution in [2.45, 2.75) is 50.6 Å². The van der Waals surface area contributed by atoms with E-state index in [9.17, 15) is 4.79 Å². The highest BCUT2D eigenvalue weighted by atomic mass is 16.5. The Hall–Kier alpha value is -0.830. The number of hydrogen-bond acceptors (Lipinski definition) is 3. The normalized spacial score (nSPS) is 30.0. The van der Waals surface area contributed by atoms with Crippen LogP contribution in [-0.4, -0.2) is 37.1 Å². The fourth-order valence-electron chi connectivity index (χ4n) is 2.95. The summed E-state index contributed by atoms with van der Waals surface area (Å²) in [6.07, 6.45) is 8.79. The Morgan fingerprint density at radius 3 is 2.62 bits per heavy atom. The summed E-state index contributed by atoms with van der Waals surface area (Å²) in [5.41, 5.74) is 1.46. The molecular weight excluding hydrogens is 202 g/mol. The van der Waals surface area contributed by atoms with Gasteiger partial charge in [-0.1, -0.05) is 18.1 Å². The number of nitrogens with zero attached hydrogens (tertiary/aromatic N) is 1. The number of esters is 1. The number of carbonyl (C=O) groups is 1. The van der Waals surface area contributed by atoms with Crippen molar-refractivity contribution in [3.05, 3.63) is 11.6 Å². The number of rotatable bonds is 2. The first-order valence-corrected chi connectivity index (χ1v) is 6.17. The molecule has 0 aromatic rings. The summed E-state index contributed by atoms with van der Waals surface area (Å²) in [5.74, 6) is -0.128. The number of carbonyl (C=O) groups excluding carboxylic acids is 1. The monoisotopic (exact) mass is 223 g/mol. The lowest BCUT2D eigenvalue weighted by Crippen LogP contribution is -2.47. The van der Waals surface area contributed by atoms with E-state index in [4.69, 9.17) is 0 Å². The first-order valence-electron chi connectivity index (χ1n) is 6.17. The molecule has 90 valence electrons. The molecule has 0 spiro atoms. The van der Waals surface area contributed by atoms with Crippen molar-refractivity contribution in [3.8, 4) is 0 Å². The molecule has 2 fully saturated rings. The van der Waals surface area contributed by atoms with Crippen LogP contribution in [0.25, 0.3) is 0 Å². The van der Waals surface area contributed by atoms with Crippen LogP contribution in [0, 0.1) is 0 Å². The summed E-state index contributed by atoms with van der Waals surface area (Å²) in [6, 6.07) is 1.41.